The van der Waals surface area contributed by atoms with Crippen LogP contribution in [-0.4, -0.2) is 74.1 Å². The Balaban J connectivity index is 1.36. The maximum absolute atomic E-state index is 13.1. The molecule has 160 valence electrons. The lowest BCUT2D eigenvalue weighted by atomic mass is 9.81. The molecule has 3 atom stereocenters. The summed E-state index contributed by atoms with van der Waals surface area (Å²) in [7, 11) is 0. The molecule has 0 saturated carbocycles. The molecule has 0 radical (unpaired) electrons. The largest absolute Gasteiger partial charge is 0.377 e. The molecule has 0 spiro atoms. The van der Waals surface area contributed by atoms with E-state index in [1.165, 1.54) is 11.3 Å². The van der Waals surface area contributed by atoms with Crippen molar-refractivity contribution in [2.24, 2.45) is 0 Å². The number of hydrogen-bond donors (Lipinski definition) is 1. The highest BCUT2D eigenvalue weighted by Gasteiger charge is 2.54. The highest BCUT2D eigenvalue weighted by atomic mass is 32.1. The molecule has 2 unspecified atom stereocenters. The summed E-state index contributed by atoms with van der Waals surface area (Å²) in [6.07, 6.45) is 5.00. The average molecular weight is 446 g/mol. The number of pyridine rings is 2. The van der Waals surface area contributed by atoms with Crippen LogP contribution >= 0.6 is 11.3 Å². The van der Waals surface area contributed by atoms with Gasteiger partial charge in [0.25, 0.3) is 11.8 Å². The molecular formula is C22H18N6O3S. The van der Waals surface area contributed by atoms with Crippen LogP contribution in [0.5, 0.6) is 0 Å². The van der Waals surface area contributed by atoms with E-state index < -0.39 is 17.6 Å². The topological polar surface area (TPSA) is 108 Å². The maximum atomic E-state index is 13.1. The predicted molar refractivity (Wildman–Crippen MR) is 116 cm³/mol. The van der Waals surface area contributed by atoms with Gasteiger partial charge >= 0.3 is 0 Å². The molecule has 3 aromatic rings. The van der Waals surface area contributed by atoms with Gasteiger partial charge in [-0.05, 0) is 23.8 Å². The fraction of sp³-hybridized carbons (Fsp3) is 0.273. The molecule has 2 saturated heterocycles. The van der Waals surface area contributed by atoms with Gasteiger partial charge in [0.1, 0.15) is 11.4 Å². The van der Waals surface area contributed by atoms with Crippen molar-refractivity contribution in [2.45, 2.75) is 18.0 Å². The molecule has 6 heterocycles. The molecule has 32 heavy (non-hydrogen) atoms. The Morgan fingerprint density at radius 1 is 1.12 bits per heavy atom. The predicted octanol–water partition coefficient (Wildman–Crippen LogP) is 1.41. The Labute approximate surface area is 187 Å². The van der Waals surface area contributed by atoms with E-state index >= 15 is 0 Å². The number of aromatic nitrogens is 3. The Morgan fingerprint density at radius 2 is 2.03 bits per heavy atom. The number of fused-ring (bicyclic) bond motifs is 5. The van der Waals surface area contributed by atoms with E-state index in [1.54, 1.807) is 58.2 Å². The number of ketones is 1. The second-order valence-electron chi connectivity index (χ2n) is 8.03. The van der Waals surface area contributed by atoms with Crippen LogP contribution in [0.15, 0.2) is 48.4 Å². The molecular weight excluding hydrogens is 428 g/mol. The summed E-state index contributed by atoms with van der Waals surface area (Å²) in [6.45, 7) is 1.01. The van der Waals surface area contributed by atoms with Crippen LogP contribution in [0.25, 0.3) is 10.6 Å². The molecule has 6 rings (SSSR count). The van der Waals surface area contributed by atoms with Gasteiger partial charge in [-0.25, -0.2) is 0 Å². The van der Waals surface area contributed by atoms with E-state index in [0.29, 0.717) is 25.3 Å². The number of piperidine rings is 1. The summed E-state index contributed by atoms with van der Waals surface area (Å²) in [5, 5.41) is 3.49. The summed E-state index contributed by atoms with van der Waals surface area (Å²) in [4.78, 5) is 56.1. The Hall–Kier alpha value is -3.66. The molecule has 3 aromatic heterocycles. The minimum absolute atomic E-state index is 0.173. The van der Waals surface area contributed by atoms with E-state index in [-0.39, 0.29) is 18.0 Å². The van der Waals surface area contributed by atoms with Crippen molar-refractivity contribution in [3.63, 3.8) is 0 Å². The maximum Gasteiger partial charge on any atom is 0.291 e. The highest BCUT2D eigenvalue weighted by Crippen LogP contribution is 2.46. The molecule has 3 aliphatic heterocycles. The third-order valence-corrected chi connectivity index (χ3v) is 7.19. The van der Waals surface area contributed by atoms with Gasteiger partial charge in [0.05, 0.1) is 34.1 Å². The van der Waals surface area contributed by atoms with E-state index in [9.17, 15) is 14.4 Å². The zero-order valence-electron chi connectivity index (χ0n) is 16.8. The Morgan fingerprint density at radius 3 is 2.81 bits per heavy atom. The molecule has 0 aliphatic carbocycles. The second kappa shape index (κ2) is 7.20. The van der Waals surface area contributed by atoms with Gasteiger partial charge in [0.2, 0.25) is 5.78 Å². The summed E-state index contributed by atoms with van der Waals surface area (Å²) in [6, 6.07) is 6.37. The summed E-state index contributed by atoms with van der Waals surface area (Å²) in [5.74, 6) is -1.66. The summed E-state index contributed by atoms with van der Waals surface area (Å²) in [5.41, 5.74) is 4.37. The van der Waals surface area contributed by atoms with Gasteiger partial charge in [-0.3, -0.25) is 29.3 Å². The first-order valence-electron chi connectivity index (χ1n) is 10.3. The van der Waals surface area contributed by atoms with Gasteiger partial charge in [-0.2, -0.15) is 0 Å². The molecule has 0 aromatic carbocycles. The smallest absolute Gasteiger partial charge is 0.291 e. The number of piperazine rings is 1. The lowest BCUT2D eigenvalue weighted by molar-refractivity contribution is -0.152. The summed E-state index contributed by atoms with van der Waals surface area (Å²) < 4.78 is 0. The second-order valence-corrected chi connectivity index (χ2v) is 8.92. The van der Waals surface area contributed by atoms with Crippen LogP contribution in [0.4, 0.5) is 5.69 Å². The van der Waals surface area contributed by atoms with Crippen molar-refractivity contribution in [1.82, 2.24) is 24.8 Å². The van der Waals surface area contributed by atoms with Gasteiger partial charge in [-0.1, -0.05) is 6.07 Å². The Kier molecular flexibility index (Phi) is 4.29. The lowest BCUT2D eigenvalue weighted by Gasteiger charge is -2.47. The zero-order chi connectivity index (χ0) is 21.8. The molecule has 2 amide bonds. The van der Waals surface area contributed by atoms with Crippen molar-refractivity contribution >= 4 is 34.6 Å². The number of carbonyl (C=O) groups excluding carboxylic acids is 3. The van der Waals surface area contributed by atoms with Crippen LogP contribution < -0.4 is 5.32 Å². The standard InChI is InChI=1S/C22H18N6O3S/c29-20-16-12-4-6-25-19(15-9-23-11-32-15)17(12)26-18(16)14-10-27(7-8-28(14)22(20)31)21(30)13-3-1-2-5-24-13/h1-6,9,11,14,16,18,26H,7-8,10H2/t14?,16?,18-/m0/s1. The van der Waals surface area contributed by atoms with Crippen molar-refractivity contribution < 1.29 is 14.4 Å². The first-order chi connectivity index (χ1) is 15.6. The number of nitrogens with one attached hydrogen (secondary N) is 1. The highest BCUT2D eigenvalue weighted by molar-refractivity contribution is 7.13. The monoisotopic (exact) mass is 446 g/mol. The van der Waals surface area contributed by atoms with Crippen molar-refractivity contribution in [2.75, 3.05) is 25.0 Å². The first-order valence-corrected chi connectivity index (χ1v) is 11.2. The van der Waals surface area contributed by atoms with E-state index in [4.69, 9.17) is 0 Å². The Bertz CT molecular complexity index is 1230. The van der Waals surface area contributed by atoms with Gasteiger partial charge in [0, 0.05) is 38.2 Å². The van der Waals surface area contributed by atoms with E-state index in [1.807, 2.05) is 0 Å². The number of carbonyl (C=O) groups is 3. The molecule has 2 fully saturated rings. The fourth-order valence-corrected chi connectivity index (χ4v) is 5.58. The molecule has 9 nitrogen and oxygen atoms in total. The van der Waals surface area contributed by atoms with Crippen molar-refractivity contribution in [1.29, 1.82) is 0 Å². The number of rotatable bonds is 2. The van der Waals surface area contributed by atoms with Gasteiger partial charge < -0.3 is 15.1 Å². The SMILES string of the molecule is O=C1C(=O)N2CCN(C(=O)c3ccccn3)CC2[C@@H]2Nc3c(ccnc3-c3cncs3)C12. The van der Waals surface area contributed by atoms with Crippen LogP contribution in [0.1, 0.15) is 22.0 Å². The number of hydrogen-bond acceptors (Lipinski definition) is 8. The van der Waals surface area contributed by atoms with E-state index in [2.05, 4.69) is 20.3 Å². The minimum Gasteiger partial charge on any atom is -0.377 e. The van der Waals surface area contributed by atoms with Crippen molar-refractivity contribution in [3.8, 4) is 10.6 Å². The van der Waals surface area contributed by atoms with Gasteiger partial charge in [-0.15, -0.1) is 11.3 Å². The number of nitrogens with zero attached hydrogens (tertiary/aromatic N) is 5. The van der Waals surface area contributed by atoms with Crippen LogP contribution in [0.2, 0.25) is 0 Å². The number of Topliss-reactive ketones (excluding diaryl/α,β-unsaturated/α-hetero) is 1. The zero-order valence-corrected chi connectivity index (χ0v) is 17.7. The van der Waals surface area contributed by atoms with Crippen LogP contribution in [0.3, 0.4) is 0 Å². The number of anilines is 1. The number of amides is 2. The quantitative estimate of drug-likeness (QED) is 0.593. The fourth-order valence-electron chi connectivity index (χ4n) is 4.95. The van der Waals surface area contributed by atoms with E-state index in [0.717, 1.165) is 21.8 Å². The molecule has 0 bridgehead atoms. The minimum atomic E-state index is -0.599. The third-order valence-electron chi connectivity index (χ3n) is 6.41. The molecule has 10 heteroatoms. The van der Waals surface area contributed by atoms with Gasteiger partial charge in [0.15, 0.2) is 0 Å². The molecule has 3 aliphatic rings. The first kappa shape index (κ1) is 19.1. The van der Waals surface area contributed by atoms with Crippen molar-refractivity contribution in [3.05, 3.63) is 59.6 Å². The lowest BCUT2D eigenvalue weighted by Crippen LogP contribution is -2.67. The van der Waals surface area contributed by atoms with Crippen LogP contribution in [0, 0.1) is 0 Å². The average Bonchev–Trinajstić information content (AvgIpc) is 3.50. The normalized spacial score (nSPS) is 23.9. The van der Waals surface area contributed by atoms with Crippen LogP contribution in [-0.2, 0) is 9.59 Å². The third kappa shape index (κ3) is 2.76. The molecule has 1 N–H and O–H groups in total. The summed E-state index contributed by atoms with van der Waals surface area (Å²) >= 11 is 1.47. The number of thiazole rings is 1.